The second-order valence-electron chi connectivity index (χ2n) is 8.29. The monoisotopic (exact) mass is 410 g/mol. The number of nitrogens with zero attached hydrogens (tertiary/aromatic N) is 4. The molecule has 3 heterocycles. The van der Waals surface area contributed by atoms with Gasteiger partial charge in [0.2, 0.25) is 0 Å². The van der Waals surface area contributed by atoms with E-state index in [4.69, 9.17) is 14.7 Å². The van der Waals surface area contributed by atoms with E-state index in [-0.39, 0.29) is 0 Å². The molecule has 0 spiro atoms. The van der Waals surface area contributed by atoms with Gasteiger partial charge in [0.15, 0.2) is 5.84 Å². The normalized spacial score (nSPS) is 18.7. The number of likely N-dealkylation sites (tertiary alicyclic amines) is 1. The van der Waals surface area contributed by atoms with Crippen molar-refractivity contribution in [2.75, 3.05) is 33.4 Å². The maximum Gasteiger partial charge on any atom is 0.174 e. The highest BCUT2D eigenvalue weighted by molar-refractivity contribution is 5.96. The summed E-state index contributed by atoms with van der Waals surface area (Å²) in [6.07, 6.45) is 6.10. The van der Waals surface area contributed by atoms with Crippen LogP contribution in [0.4, 0.5) is 0 Å². The molecule has 1 fully saturated rings. The molecule has 2 aliphatic rings. The number of rotatable bonds is 7. The van der Waals surface area contributed by atoms with Gasteiger partial charge in [0.25, 0.3) is 0 Å². The average molecular weight is 411 g/mol. The summed E-state index contributed by atoms with van der Waals surface area (Å²) in [5.74, 6) is 2.48. The Morgan fingerprint density at radius 1 is 1.13 bits per heavy atom. The van der Waals surface area contributed by atoms with Crippen molar-refractivity contribution in [2.45, 2.75) is 52.4 Å². The number of aryl methyl sites for hydroxylation is 1. The molecule has 2 aliphatic heterocycles. The van der Waals surface area contributed by atoms with Crippen molar-refractivity contribution in [3.63, 3.8) is 0 Å². The highest BCUT2D eigenvalue weighted by atomic mass is 16.6. The van der Waals surface area contributed by atoms with E-state index < -0.39 is 0 Å². The van der Waals surface area contributed by atoms with Crippen LogP contribution < -0.4 is 0 Å². The van der Waals surface area contributed by atoms with Crippen LogP contribution in [-0.2, 0) is 16.0 Å². The van der Waals surface area contributed by atoms with E-state index >= 15 is 0 Å². The number of ether oxygens (including phenoxy) is 1. The Hall–Kier alpha value is -2.18. The van der Waals surface area contributed by atoms with Crippen molar-refractivity contribution in [2.24, 2.45) is 11.1 Å². The first-order valence-corrected chi connectivity index (χ1v) is 11.4. The highest BCUT2D eigenvalue weighted by Crippen LogP contribution is 2.33. The summed E-state index contributed by atoms with van der Waals surface area (Å²) in [7, 11) is 1.77. The van der Waals surface area contributed by atoms with Gasteiger partial charge in [0.05, 0.1) is 11.2 Å². The fourth-order valence-corrected chi connectivity index (χ4v) is 4.69. The summed E-state index contributed by atoms with van der Waals surface area (Å²) in [6, 6.07) is 8.40. The molecule has 30 heavy (non-hydrogen) atoms. The number of oxime groups is 1. The fraction of sp³-hybridized carbons (Fsp3) is 0.583. The van der Waals surface area contributed by atoms with E-state index in [1.165, 1.54) is 11.0 Å². The predicted octanol–water partition coefficient (Wildman–Crippen LogP) is 4.59. The Labute approximate surface area is 179 Å². The van der Waals surface area contributed by atoms with Crippen molar-refractivity contribution in [1.29, 1.82) is 0 Å². The topological polar surface area (TPSA) is 51.9 Å². The molecule has 1 aromatic carbocycles. The molecule has 1 aromatic heterocycles. The van der Waals surface area contributed by atoms with Crippen LogP contribution in [-0.4, -0.2) is 53.9 Å². The Bertz CT molecular complexity index is 922. The first-order valence-electron chi connectivity index (χ1n) is 11.4. The third-order valence-electron chi connectivity index (χ3n) is 6.42. The predicted molar refractivity (Wildman–Crippen MR) is 121 cm³/mol. The van der Waals surface area contributed by atoms with E-state index in [9.17, 15) is 0 Å². The summed E-state index contributed by atoms with van der Waals surface area (Å²) >= 11 is 0. The molecule has 0 N–H and O–H groups in total. The Kier molecular flexibility index (Phi) is 6.85. The summed E-state index contributed by atoms with van der Waals surface area (Å²) in [4.78, 5) is 8.62. The lowest BCUT2D eigenvalue weighted by Crippen LogP contribution is -2.36. The van der Waals surface area contributed by atoms with Gasteiger partial charge in [-0.1, -0.05) is 37.2 Å². The SMILES string of the molecule is CCC1=C(C2CCN(CCCOC)CC2)ON=C(n2nc(CC)c3ccccc32)C1. The third-order valence-corrected chi connectivity index (χ3v) is 6.42. The van der Waals surface area contributed by atoms with Crippen molar-refractivity contribution >= 4 is 16.7 Å². The van der Waals surface area contributed by atoms with Crippen LogP contribution in [0.5, 0.6) is 0 Å². The van der Waals surface area contributed by atoms with Crippen molar-refractivity contribution < 1.29 is 9.57 Å². The van der Waals surface area contributed by atoms with Crippen LogP contribution in [0.1, 0.15) is 51.6 Å². The van der Waals surface area contributed by atoms with Crippen LogP contribution in [0.2, 0.25) is 0 Å². The molecular weight excluding hydrogens is 376 g/mol. The van der Waals surface area contributed by atoms with Gasteiger partial charge in [-0.15, -0.1) is 0 Å². The number of aromatic nitrogens is 2. The summed E-state index contributed by atoms with van der Waals surface area (Å²) in [5, 5.41) is 10.6. The summed E-state index contributed by atoms with van der Waals surface area (Å²) in [6.45, 7) is 8.58. The van der Waals surface area contributed by atoms with Crippen LogP contribution in [0.3, 0.4) is 0 Å². The van der Waals surface area contributed by atoms with Gasteiger partial charge < -0.3 is 14.5 Å². The molecule has 4 rings (SSSR count). The first-order chi connectivity index (χ1) is 14.7. The highest BCUT2D eigenvalue weighted by Gasteiger charge is 2.29. The second kappa shape index (κ2) is 9.75. The van der Waals surface area contributed by atoms with Gasteiger partial charge in [0, 0.05) is 38.0 Å². The number of hydrogen-bond donors (Lipinski definition) is 0. The minimum Gasteiger partial charge on any atom is -0.385 e. The Balaban J connectivity index is 1.47. The molecule has 6 nitrogen and oxygen atoms in total. The quantitative estimate of drug-likeness (QED) is 0.626. The van der Waals surface area contributed by atoms with Gasteiger partial charge in [-0.3, -0.25) is 0 Å². The Morgan fingerprint density at radius 2 is 1.93 bits per heavy atom. The number of allylic oxidation sites excluding steroid dienone is 2. The molecule has 0 amide bonds. The maximum absolute atomic E-state index is 6.08. The van der Waals surface area contributed by atoms with Crippen molar-refractivity contribution in [1.82, 2.24) is 14.7 Å². The summed E-state index contributed by atoms with van der Waals surface area (Å²) < 4.78 is 7.17. The largest absolute Gasteiger partial charge is 0.385 e. The molecular formula is C24H34N4O2. The first kappa shape index (κ1) is 21.1. The molecule has 0 radical (unpaired) electrons. The molecule has 2 aromatic rings. The molecule has 162 valence electrons. The van der Waals surface area contributed by atoms with Gasteiger partial charge >= 0.3 is 0 Å². The van der Waals surface area contributed by atoms with Crippen LogP contribution in [0.25, 0.3) is 10.9 Å². The Morgan fingerprint density at radius 3 is 2.67 bits per heavy atom. The van der Waals surface area contributed by atoms with E-state index in [2.05, 4.69) is 48.2 Å². The van der Waals surface area contributed by atoms with Gasteiger partial charge in [-0.2, -0.15) is 5.10 Å². The van der Waals surface area contributed by atoms with Gasteiger partial charge in [-0.25, -0.2) is 4.68 Å². The van der Waals surface area contributed by atoms with Crippen molar-refractivity contribution in [3.05, 3.63) is 41.3 Å². The zero-order valence-electron chi connectivity index (χ0n) is 18.6. The smallest absolute Gasteiger partial charge is 0.174 e. The van der Waals surface area contributed by atoms with Crippen LogP contribution in [0, 0.1) is 5.92 Å². The lowest BCUT2D eigenvalue weighted by Gasteiger charge is -2.33. The fourth-order valence-electron chi connectivity index (χ4n) is 4.69. The molecule has 0 bridgehead atoms. The standard InChI is InChI=1S/C24H34N4O2/c1-4-18-17-23(28-22-10-7-6-9-20(22)21(5-2)25-28)26-30-24(18)19-11-14-27(15-12-19)13-8-16-29-3/h6-7,9-10,19H,4-5,8,11-17H2,1-3H3. The van der Waals surface area contributed by atoms with Crippen LogP contribution >= 0.6 is 0 Å². The number of fused-ring (bicyclic) bond motifs is 1. The molecule has 1 saturated heterocycles. The molecule has 0 aliphatic carbocycles. The van der Waals surface area contributed by atoms with E-state index in [0.29, 0.717) is 5.92 Å². The third kappa shape index (κ3) is 4.30. The molecule has 0 unspecified atom stereocenters. The van der Waals surface area contributed by atoms with Gasteiger partial charge in [-0.05, 0) is 56.8 Å². The minimum atomic E-state index is 0.476. The lowest BCUT2D eigenvalue weighted by molar-refractivity contribution is 0.116. The number of benzene rings is 1. The second-order valence-corrected chi connectivity index (χ2v) is 8.29. The van der Waals surface area contributed by atoms with Gasteiger partial charge in [0.1, 0.15) is 5.76 Å². The lowest BCUT2D eigenvalue weighted by atomic mass is 9.90. The number of methoxy groups -OCH3 is 1. The van der Waals surface area contributed by atoms with Crippen molar-refractivity contribution in [3.8, 4) is 0 Å². The average Bonchev–Trinajstić information content (AvgIpc) is 3.18. The molecule has 6 heteroatoms. The molecule has 0 atom stereocenters. The number of piperidine rings is 1. The molecule has 0 saturated carbocycles. The maximum atomic E-state index is 6.08. The summed E-state index contributed by atoms with van der Waals surface area (Å²) in [5.41, 5.74) is 3.59. The number of para-hydroxylation sites is 1. The number of hydrogen-bond acceptors (Lipinski definition) is 5. The minimum absolute atomic E-state index is 0.476. The van der Waals surface area contributed by atoms with E-state index in [1.54, 1.807) is 7.11 Å². The van der Waals surface area contributed by atoms with E-state index in [0.717, 1.165) is 87.6 Å². The zero-order valence-corrected chi connectivity index (χ0v) is 18.6. The van der Waals surface area contributed by atoms with E-state index in [1.807, 2.05) is 4.68 Å². The van der Waals surface area contributed by atoms with Crippen LogP contribution in [0.15, 0.2) is 40.8 Å². The zero-order chi connectivity index (χ0) is 20.9.